The fourth-order valence-electron chi connectivity index (χ4n) is 2.45. The van der Waals surface area contributed by atoms with Gasteiger partial charge in [-0.25, -0.2) is 0 Å². The summed E-state index contributed by atoms with van der Waals surface area (Å²) in [6.07, 6.45) is 4.92. The summed E-state index contributed by atoms with van der Waals surface area (Å²) < 4.78 is 0. The quantitative estimate of drug-likeness (QED) is 0.825. The number of benzene rings is 1. The first kappa shape index (κ1) is 11.0. The van der Waals surface area contributed by atoms with Crippen molar-refractivity contribution in [3.8, 4) is 0 Å². The Hall–Kier alpha value is -0.530. The minimum Gasteiger partial charge on any atom is -0.311 e. The molecule has 0 saturated carbocycles. The maximum Gasteiger partial charge on any atom is 0.0408 e. The van der Waals surface area contributed by atoms with E-state index in [0.29, 0.717) is 5.54 Å². The highest BCUT2D eigenvalue weighted by Crippen LogP contribution is 2.29. The third kappa shape index (κ3) is 2.53. The van der Waals surface area contributed by atoms with Gasteiger partial charge in [0, 0.05) is 10.6 Å². The van der Waals surface area contributed by atoms with Gasteiger partial charge in [-0.3, -0.25) is 0 Å². The van der Waals surface area contributed by atoms with Crippen molar-refractivity contribution in [1.29, 1.82) is 0 Å². The molecule has 0 aromatic heterocycles. The van der Waals surface area contributed by atoms with Crippen molar-refractivity contribution in [2.24, 2.45) is 0 Å². The number of rotatable bonds is 4. The predicted octanol–water partition coefficient (Wildman–Crippen LogP) is 3.41. The largest absolute Gasteiger partial charge is 0.311 e. The molecule has 1 aliphatic heterocycles. The minimum absolute atomic E-state index is 0.361. The van der Waals surface area contributed by atoms with Crippen molar-refractivity contribution in [1.82, 2.24) is 5.32 Å². The van der Waals surface area contributed by atoms with Gasteiger partial charge in [0.05, 0.1) is 0 Å². The highest BCUT2D eigenvalue weighted by atomic mass is 35.5. The van der Waals surface area contributed by atoms with Crippen LogP contribution in [-0.2, 0) is 6.42 Å². The van der Waals surface area contributed by atoms with Crippen molar-refractivity contribution < 1.29 is 0 Å². The van der Waals surface area contributed by atoms with Crippen LogP contribution in [0.2, 0.25) is 5.02 Å². The molecule has 0 amide bonds. The molecular weight excluding hydrogens is 206 g/mol. The van der Waals surface area contributed by atoms with Gasteiger partial charge >= 0.3 is 0 Å². The third-order valence-corrected chi connectivity index (χ3v) is 3.50. The second-order valence-electron chi connectivity index (χ2n) is 4.51. The molecular formula is C13H18ClN. The van der Waals surface area contributed by atoms with Gasteiger partial charge in [-0.1, -0.05) is 37.1 Å². The normalized spacial score (nSPS) is 24.9. The van der Waals surface area contributed by atoms with E-state index in [2.05, 4.69) is 24.4 Å². The Kier molecular flexibility index (Phi) is 3.32. The summed E-state index contributed by atoms with van der Waals surface area (Å²) in [5.74, 6) is 0. The summed E-state index contributed by atoms with van der Waals surface area (Å²) in [5.41, 5.74) is 1.71. The van der Waals surface area contributed by atoms with Crippen LogP contribution in [0.25, 0.3) is 0 Å². The fraction of sp³-hybridized carbons (Fsp3) is 0.538. The van der Waals surface area contributed by atoms with Gasteiger partial charge < -0.3 is 5.32 Å². The van der Waals surface area contributed by atoms with Crippen LogP contribution in [0.3, 0.4) is 0 Å². The van der Waals surface area contributed by atoms with E-state index in [1.165, 1.54) is 31.4 Å². The van der Waals surface area contributed by atoms with E-state index in [1.54, 1.807) is 0 Å². The highest BCUT2D eigenvalue weighted by Gasteiger charge is 2.35. The SMILES string of the molecule is CCCC1(Cc2cccc(Cl)c2)CCN1. The first-order chi connectivity index (χ1) is 7.24. The first-order valence-corrected chi connectivity index (χ1v) is 6.11. The van der Waals surface area contributed by atoms with Gasteiger partial charge in [-0.15, -0.1) is 0 Å². The van der Waals surface area contributed by atoms with E-state index in [-0.39, 0.29) is 0 Å². The second-order valence-corrected chi connectivity index (χ2v) is 4.95. The molecule has 2 heteroatoms. The third-order valence-electron chi connectivity index (χ3n) is 3.26. The predicted molar refractivity (Wildman–Crippen MR) is 65.4 cm³/mol. The smallest absolute Gasteiger partial charge is 0.0408 e. The molecule has 2 rings (SSSR count). The average molecular weight is 224 g/mol. The van der Waals surface area contributed by atoms with Gasteiger partial charge in [0.1, 0.15) is 0 Å². The highest BCUT2D eigenvalue weighted by molar-refractivity contribution is 6.30. The monoisotopic (exact) mass is 223 g/mol. The minimum atomic E-state index is 0.361. The summed E-state index contributed by atoms with van der Waals surface area (Å²) in [7, 11) is 0. The maximum atomic E-state index is 5.99. The Labute approximate surface area is 96.8 Å². The zero-order valence-electron chi connectivity index (χ0n) is 9.22. The molecule has 0 radical (unpaired) electrons. The van der Waals surface area contributed by atoms with Crippen LogP contribution >= 0.6 is 11.6 Å². The van der Waals surface area contributed by atoms with Crippen LogP contribution in [-0.4, -0.2) is 12.1 Å². The molecule has 1 aromatic rings. The van der Waals surface area contributed by atoms with Crippen LogP contribution in [0.4, 0.5) is 0 Å². The zero-order valence-corrected chi connectivity index (χ0v) is 9.98. The number of nitrogens with one attached hydrogen (secondary N) is 1. The van der Waals surface area contributed by atoms with Crippen LogP contribution in [0.15, 0.2) is 24.3 Å². The first-order valence-electron chi connectivity index (χ1n) is 5.74. The van der Waals surface area contributed by atoms with E-state index < -0.39 is 0 Å². The topological polar surface area (TPSA) is 12.0 Å². The van der Waals surface area contributed by atoms with E-state index >= 15 is 0 Å². The molecule has 1 aromatic carbocycles. The molecule has 1 heterocycles. The van der Waals surface area contributed by atoms with Crippen molar-refractivity contribution >= 4 is 11.6 Å². The summed E-state index contributed by atoms with van der Waals surface area (Å²) in [4.78, 5) is 0. The van der Waals surface area contributed by atoms with Gasteiger partial charge in [0.2, 0.25) is 0 Å². The van der Waals surface area contributed by atoms with Gasteiger partial charge in [-0.2, -0.15) is 0 Å². The van der Waals surface area contributed by atoms with Gasteiger partial charge in [0.25, 0.3) is 0 Å². The lowest BCUT2D eigenvalue weighted by atomic mass is 9.78. The number of halogens is 1. The van der Waals surface area contributed by atoms with Crippen LogP contribution in [0.5, 0.6) is 0 Å². The Morgan fingerprint density at radius 3 is 2.80 bits per heavy atom. The van der Waals surface area contributed by atoms with Gasteiger partial charge in [0.15, 0.2) is 0 Å². The van der Waals surface area contributed by atoms with Crippen molar-refractivity contribution in [3.63, 3.8) is 0 Å². The Bertz CT molecular complexity index is 331. The maximum absolute atomic E-state index is 5.99. The molecule has 0 spiro atoms. The Morgan fingerprint density at radius 1 is 1.47 bits per heavy atom. The lowest BCUT2D eigenvalue weighted by Crippen LogP contribution is -2.58. The standard InChI is InChI=1S/C13H18ClN/c1-2-6-13(7-8-15-13)10-11-4-3-5-12(14)9-11/h3-5,9,15H,2,6-8,10H2,1H3. The lowest BCUT2D eigenvalue weighted by Gasteiger charge is -2.44. The zero-order chi connectivity index (χ0) is 10.7. The molecule has 0 aliphatic carbocycles. The molecule has 1 fully saturated rings. The van der Waals surface area contributed by atoms with E-state index in [9.17, 15) is 0 Å². The molecule has 1 N–H and O–H groups in total. The molecule has 1 aliphatic rings. The van der Waals surface area contributed by atoms with Crippen molar-refractivity contribution in [2.75, 3.05) is 6.54 Å². The summed E-state index contributed by atoms with van der Waals surface area (Å²) >= 11 is 5.99. The van der Waals surface area contributed by atoms with E-state index in [1.807, 2.05) is 12.1 Å². The fourth-order valence-corrected chi connectivity index (χ4v) is 2.66. The van der Waals surface area contributed by atoms with Crippen LogP contribution in [0, 0.1) is 0 Å². The Morgan fingerprint density at radius 2 is 2.27 bits per heavy atom. The molecule has 1 nitrogen and oxygen atoms in total. The molecule has 82 valence electrons. The molecule has 15 heavy (non-hydrogen) atoms. The Balaban J connectivity index is 2.06. The van der Waals surface area contributed by atoms with Crippen LogP contribution in [0.1, 0.15) is 31.7 Å². The lowest BCUT2D eigenvalue weighted by molar-refractivity contribution is 0.188. The summed E-state index contributed by atoms with van der Waals surface area (Å²) in [5, 5.41) is 4.43. The number of hydrogen-bond acceptors (Lipinski definition) is 1. The molecule has 0 bridgehead atoms. The average Bonchev–Trinajstić information content (AvgIpc) is 2.15. The second kappa shape index (κ2) is 4.54. The molecule has 1 saturated heterocycles. The summed E-state index contributed by atoms with van der Waals surface area (Å²) in [6.45, 7) is 3.42. The van der Waals surface area contributed by atoms with Crippen molar-refractivity contribution in [3.05, 3.63) is 34.9 Å². The van der Waals surface area contributed by atoms with Gasteiger partial charge in [-0.05, 0) is 43.5 Å². The number of hydrogen-bond donors (Lipinski definition) is 1. The van der Waals surface area contributed by atoms with E-state index in [4.69, 9.17) is 11.6 Å². The van der Waals surface area contributed by atoms with E-state index in [0.717, 1.165) is 11.4 Å². The van der Waals surface area contributed by atoms with Crippen molar-refractivity contribution in [2.45, 2.75) is 38.1 Å². The van der Waals surface area contributed by atoms with Crippen LogP contribution < -0.4 is 5.32 Å². The molecule has 1 unspecified atom stereocenters. The molecule has 1 atom stereocenters. The summed E-state index contributed by atoms with van der Waals surface area (Å²) in [6, 6.07) is 8.23.